The highest BCUT2D eigenvalue weighted by molar-refractivity contribution is 5.72. The highest BCUT2D eigenvalue weighted by atomic mass is 14.4. The summed E-state index contributed by atoms with van der Waals surface area (Å²) in [7, 11) is 0. The van der Waals surface area contributed by atoms with E-state index >= 15 is 0 Å². The minimum Gasteiger partial charge on any atom is -0.0622 e. The molecular formula is C25H18. The van der Waals surface area contributed by atoms with Crippen LogP contribution >= 0.6 is 0 Å². The molecule has 0 aliphatic heterocycles. The van der Waals surface area contributed by atoms with Gasteiger partial charge >= 0.3 is 0 Å². The predicted octanol–water partition coefficient (Wildman–Crippen LogP) is 6.51. The van der Waals surface area contributed by atoms with Gasteiger partial charge in [-0.2, -0.15) is 0 Å². The fourth-order valence-electron chi connectivity index (χ4n) is 3.70. The molecule has 4 aromatic carbocycles. The van der Waals surface area contributed by atoms with Crippen molar-refractivity contribution in [1.29, 1.82) is 0 Å². The average molecular weight is 318 g/mol. The van der Waals surface area contributed by atoms with Gasteiger partial charge in [-0.3, -0.25) is 0 Å². The molecule has 25 heavy (non-hydrogen) atoms. The highest BCUT2D eigenvalue weighted by Gasteiger charge is 2.32. The summed E-state index contributed by atoms with van der Waals surface area (Å²) in [4.78, 5) is 0. The van der Waals surface area contributed by atoms with E-state index < -0.39 is 0 Å². The quantitative estimate of drug-likeness (QED) is 0.355. The zero-order valence-corrected chi connectivity index (χ0v) is 13.9. The van der Waals surface area contributed by atoms with Crippen molar-refractivity contribution >= 4 is 0 Å². The summed E-state index contributed by atoms with van der Waals surface area (Å²) in [6.07, 6.45) is 0. The van der Waals surface area contributed by atoms with E-state index in [9.17, 15) is 0 Å². The van der Waals surface area contributed by atoms with Crippen molar-refractivity contribution in [3.63, 3.8) is 0 Å². The summed E-state index contributed by atoms with van der Waals surface area (Å²) >= 11 is 0. The lowest BCUT2D eigenvalue weighted by Gasteiger charge is -2.07. The average Bonchev–Trinajstić information content (AvgIpc) is 3.43. The maximum Gasteiger partial charge on any atom is 0.0346 e. The maximum absolute atomic E-state index is 2.34. The monoisotopic (exact) mass is 318 g/mol. The molecule has 4 aromatic rings. The largest absolute Gasteiger partial charge is 0.0622 e. The van der Waals surface area contributed by atoms with Gasteiger partial charge in [0.05, 0.1) is 0 Å². The molecule has 0 fully saturated rings. The Kier molecular flexibility index (Phi) is 3.28. The maximum atomic E-state index is 2.34. The normalized spacial score (nSPS) is 12.6. The summed E-state index contributed by atoms with van der Waals surface area (Å²) in [6.45, 7) is 0. The first kappa shape index (κ1) is 14.2. The third-order valence-corrected chi connectivity index (χ3v) is 5.08. The van der Waals surface area contributed by atoms with Crippen molar-refractivity contribution in [2.45, 2.75) is 5.92 Å². The first-order valence-electron chi connectivity index (χ1n) is 8.75. The minimum atomic E-state index is 0.499. The van der Waals surface area contributed by atoms with Gasteiger partial charge in [-0.25, -0.2) is 0 Å². The van der Waals surface area contributed by atoms with E-state index in [4.69, 9.17) is 0 Å². The van der Waals surface area contributed by atoms with Crippen LogP contribution in [-0.4, -0.2) is 0 Å². The highest BCUT2D eigenvalue weighted by Crippen LogP contribution is 2.48. The SMILES string of the molecule is c1ccc(-c2ccc(-c3cccc(C4c5ccccc54)c3)cc2)cc1. The molecule has 1 aliphatic rings. The Balaban J connectivity index is 1.45. The van der Waals surface area contributed by atoms with Crippen molar-refractivity contribution < 1.29 is 0 Å². The minimum absolute atomic E-state index is 0.499. The topological polar surface area (TPSA) is 0 Å². The van der Waals surface area contributed by atoms with E-state index in [1.165, 1.54) is 38.9 Å². The molecule has 1 aliphatic carbocycles. The van der Waals surface area contributed by atoms with Crippen LogP contribution in [-0.2, 0) is 0 Å². The second kappa shape index (κ2) is 5.75. The van der Waals surface area contributed by atoms with Gasteiger partial charge in [0.1, 0.15) is 0 Å². The molecule has 0 spiro atoms. The molecule has 0 saturated carbocycles. The first-order valence-corrected chi connectivity index (χ1v) is 8.75. The van der Waals surface area contributed by atoms with Crippen LogP contribution in [0.2, 0.25) is 0 Å². The molecular weight excluding hydrogens is 300 g/mol. The standard InChI is InChI=1S/C25H18/c1-2-7-18(8-3-1)19-13-15-20(16-14-19)21-9-6-10-22(17-21)25-23-11-4-5-12-24(23)25/h1-17,25H. The molecule has 118 valence electrons. The lowest BCUT2D eigenvalue weighted by atomic mass is 9.97. The van der Waals surface area contributed by atoms with Gasteiger partial charge in [0.15, 0.2) is 0 Å². The third-order valence-electron chi connectivity index (χ3n) is 5.08. The summed E-state index contributed by atoms with van der Waals surface area (Å²) in [6, 6.07) is 37.1. The van der Waals surface area contributed by atoms with Crippen molar-refractivity contribution in [1.82, 2.24) is 0 Å². The zero-order valence-electron chi connectivity index (χ0n) is 13.9. The predicted molar refractivity (Wildman–Crippen MR) is 105 cm³/mol. The van der Waals surface area contributed by atoms with E-state index in [0.29, 0.717) is 5.92 Å². The number of benzene rings is 4. The van der Waals surface area contributed by atoms with Gasteiger partial charge in [-0.05, 0) is 38.9 Å². The lowest BCUT2D eigenvalue weighted by Crippen LogP contribution is -1.85. The molecule has 0 saturated heterocycles. The Morgan fingerprint density at radius 1 is 0.400 bits per heavy atom. The Labute approximate surface area is 148 Å². The van der Waals surface area contributed by atoms with Crippen LogP contribution in [0.3, 0.4) is 0 Å². The molecule has 5 rings (SSSR count). The van der Waals surface area contributed by atoms with E-state index in [0.717, 1.165) is 0 Å². The molecule has 0 unspecified atom stereocenters. The lowest BCUT2D eigenvalue weighted by molar-refractivity contribution is 1.21. The number of rotatable bonds is 3. The third kappa shape index (κ3) is 2.56. The van der Waals surface area contributed by atoms with Crippen molar-refractivity contribution in [2.24, 2.45) is 0 Å². The summed E-state index contributed by atoms with van der Waals surface area (Å²) in [5.74, 6) is 0.499. The molecule has 0 heterocycles. The van der Waals surface area contributed by atoms with Gasteiger partial charge in [0.2, 0.25) is 0 Å². The summed E-state index contributed by atoms with van der Waals surface area (Å²) in [5, 5.41) is 0. The van der Waals surface area contributed by atoms with Crippen LogP contribution in [0.15, 0.2) is 103 Å². The Morgan fingerprint density at radius 2 is 0.920 bits per heavy atom. The van der Waals surface area contributed by atoms with Gasteiger partial charge in [0, 0.05) is 5.92 Å². The molecule has 0 nitrogen and oxygen atoms in total. The molecule has 0 amide bonds. The summed E-state index contributed by atoms with van der Waals surface area (Å²) in [5.41, 5.74) is 9.41. The van der Waals surface area contributed by atoms with Crippen molar-refractivity contribution in [3.05, 3.63) is 120 Å². The second-order valence-electron chi connectivity index (χ2n) is 6.63. The molecule has 0 heteroatoms. The van der Waals surface area contributed by atoms with Gasteiger partial charge in [-0.1, -0.05) is 103 Å². The fraction of sp³-hybridized carbons (Fsp3) is 0.0400. The van der Waals surface area contributed by atoms with Gasteiger partial charge < -0.3 is 0 Å². The van der Waals surface area contributed by atoms with E-state index in [1.54, 1.807) is 0 Å². The summed E-state index contributed by atoms with van der Waals surface area (Å²) < 4.78 is 0. The van der Waals surface area contributed by atoms with Gasteiger partial charge in [0.25, 0.3) is 0 Å². The number of fused-ring (bicyclic) bond motifs is 1. The number of hydrogen-bond donors (Lipinski definition) is 0. The first-order chi connectivity index (χ1) is 12.4. The van der Waals surface area contributed by atoms with E-state index in [-0.39, 0.29) is 0 Å². The van der Waals surface area contributed by atoms with Crippen LogP contribution in [0, 0.1) is 0 Å². The van der Waals surface area contributed by atoms with Crippen molar-refractivity contribution in [3.8, 4) is 22.3 Å². The van der Waals surface area contributed by atoms with Crippen LogP contribution in [0.25, 0.3) is 22.3 Å². The Hall–Kier alpha value is -3.12. The van der Waals surface area contributed by atoms with Crippen LogP contribution in [0.4, 0.5) is 0 Å². The number of hydrogen-bond acceptors (Lipinski definition) is 0. The van der Waals surface area contributed by atoms with Crippen molar-refractivity contribution in [2.75, 3.05) is 0 Å². The molecule has 0 bridgehead atoms. The van der Waals surface area contributed by atoms with Crippen LogP contribution in [0.5, 0.6) is 0 Å². The second-order valence-corrected chi connectivity index (χ2v) is 6.63. The Morgan fingerprint density at radius 3 is 1.60 bits per heavy atom. The molecule has 0 radical (unpaired) electrons. The van der Waals surface area contributed by atoms with E-state index in [1.807, 2.05) is 0 Å². The smallest absolute Gasteiger partial charge is 0.0346 e. The van der Waals surface area contributed by atoms with Gasteiger partial charge in [-0.15, -0.1) is 0 Å². The molecule has 0 aromatic heterocycles. The Bertz CT molecular complexity index is 1000. The zero-order chi connectivity index (χ0) is 16.6. The van der Waals surface area contributed by atoms with E-state index in [2.05, 4.69) is 103 Å². The molecule has 0 atom stereocenters. The van der Waals surface area contributed by atoms with Crippen LogP contribution in [0.1, 0.15) is 22.6 Å². The molecule has 0 N–H and O–H groups in total. The van der Waals surface area contributed by atoms with Crippen LogP contribution < -0.4 is 0 Å². The fourth-order valence-corrected chi connectivity index (χ4v) is 3.70.